The lowest BCUT2D eigenvalue weighted by Gasteiger charge is -2.56. The summed E-state index contributed by atoms with van der Waals surface area (Å²) in [4.78, 5) is 36.4. The molecule has 4 saturated carbocycles. The van der Waals surface area contributed by atoms with Gasteiger partial charge < -0.3 is 10.1 Å². The van der Waals surface area contributed by atoms with Gasteiger partial charge in [0.25, 0.3) is 5.91 Å². The lowest BCUT2D eigenvalue weighted by atomic mass is 9.53. The third-order valence-electron chi connectivity index (χ3n) is 6.88. The number of amides is 3. The van der Waals surface area contributed by atoms with Crippen LogP contribution in [0.25, 0.3) is 0 Å². The van der Waals surface area contributed by atoms with E-state index in [4.69, 9.17) is 4.74 Å². The molecule has 0 spiro atoms. The zero-order chi connectivity index (χ0) is 20.4. The number of rotatable bonds is 6. The van der Waals surface area contributed by atoms with Crippen molar-refractivity contribution in [3.05, 3.63) is 35.9 Å². The number of ether oxygens (including phenoxy) is 1. The molecule has 0 saturated heterocycles. The van der Waals surface area contributed by atoms with E-state index in [1.54, 1.807) is 0 Å². The number of urea groups is 1. The van der Waals surface area contributed by atoms with Crippen LogP contribution in [0, 0.1) is 17.8 Å². The first-order valence-corrected chi connectivity index (χ1v) is 10.7. The van der Waals surface area contributed by atoms with Crippen LogP contribution in [0.2, 0.25) is 0 Å². The third kappa shape index (κ3) is 4.80. The number of esters is 1. The van der Waals surface area contributed by atoms with Gasteiger partial charge in [-0.1, -0.05) is 37.3 Å². The number of benzene rings is 1. The van der Waals surface area contributed by atoms with Crippen molar-refractivity contribution in [2.45, 2.75) is 63.3 Å². The van der Waals surface area contributed by atoms with Crippen molar-refractivity contribution in [1.29, 1.82) is 0 Å². The molecule has 1 atom stereocenters. The Bertz CT molecular complexity index is 741. The monoisotopic (exact) mass is 398 g/mol. The minimum Gasteiger partial charge on any atom is -0.456 e. The summed E-state index contributed by atoms with van der Waals surface area (Å²) in [7, 11) is 0. The van der Waals surface area contributed by atoms with Gasteiger partial charge in [0.05, 0.1) is 6.42 Å². The molecular weight excluding hydrogens is 368 g/mol. The van der Waals surface area contributed by atoms with Crippen molar-refractivity contribution in [3.8, 4) is 0 Å². The Kier molecular flexibility index (Phi) is 5.61. The van der Waals surface area contributed by atoms with Crippen LogP contribution in [0.1, 0.15) is 63.4 Å². The SMILES string of the molecule is C[C@@H](CC(=O)OCC(=O)NC(=O)NC12CC3CC(CC(C3)C1)C2)c1ccccc1. The van der Waals surface area contributed by atoms with E-state index >= 15 is 0 Å². The number of imide groups is 1. The number of hydrogen-bond acceptors (Lipinski definition) is 4. The van der Waals surface area contributed by atoms with Gasteiger partial charge in [0.15, 0.2) is 6.61 Å². The molecule has 1 aromatic carbocycles. The largest absolute Gasteiger partial charge is 0.456 e. The third-order valence-corrected chi connectivity index (χ3v) is 6.88. The summed E-state index contributed by atoms with van der Waals surface area (Å²) < 4.78 is 5.06. The van der Waals surface area contributed by atoms with Gasteiger partial charge in [0.2, 0.25) is 0 Å². The Morgan fingerprint density at radius 3 is 2.21 bits per heavy atom. The smallest absolute Gasteiger partial charge is 0.321 e. The fraction of sp³-hybridized carbons (Fsp3) is 0.609. The van der Waals surface area contributed by atoms with Crippen LogP contribution >= 0.6 is 0 Å². The summed E-state index contributed by atoms with van der Waals surface area (Å²) in [5, 5.41) is 5.41. The zero-order valence-corrected chi connectivity index (χ0v) is 17.0. The minimum atomic E-state index is -0.590. The van der Waals surface area contributed by atoms with Crippen molar-refractivity contribution in [2.75, 3.05) is 6.61 Å². The van der Waals surface area contributed by atoms with Gasteiger partial charge in [0, 0.05) is 5.54 Å². The normalized spacial score (nSPS) is 30.4. The Labute approximate surface area is 171 Å². The first-order valence-electron chi connectivity index (χ1n) is 10.7. The molecule has 0 aliphatic heterocycles. The molecule has 2 N–H and O–H groups in total. The summed E-state index contributed by atoms with van der Waals surface area (Å²) in [6.45, 7) is 1.50. The topological polar surface area (TPSA) is 84.5 Å². The lowest BCUT2D eigenvalue weighted by Crippen LogP contribution is -2.62. The number of nitrogens with one attached hydrogen (secondary N) is 2. The maximum absolute atomic E-state index is 12.4. The van der Waals surface area contributed by atoms with Gasteiger partial charge in [0.1, 0.15) is 0 Å². The molecule has 29 heavy (non-hydrogen) atoms. The van der Waals surface area contributed by atoms with Crippen LogP contribution < -0.4 is 10.6 Å². The van der Waals surface area contributed by atoms with Crippen LogP contribution in [-0.2, 0) is 14.3 Å². The second kappa shape index (κ2) is 8.17. The standard InChI is InChI=1S/C23H30N2O4/c1-15(19-5-3-2-4-6-19)7-21(27)29-14-20(26)24-22(28)25-23-11-16-8-17(12-23)10-18(9-16)13-23/h2-6,15-18H,7-14H2,1H3,(H2,24,25,26,28)/t15-,16?,17?,18?,23?/m0/s1. The number of hydrogen-bond donors (Lipinski definition) is 2. The summed E-state index contributed by atoms with van der Waals surface area (Å²) in [5.74, 6) is 1.11. The maximum Gasteiger partial charge on any atom is 0.321 e. The van der Waals surface area contributed by atoms with E-state index in [1.165, 1.54) is 19.3 Å². The van der Waals surface area contributed by atoms with E-state index in [-0.39, 0.29) is 17.9 Å². The summed E-state index contributed by atoms with van der Waals surface area (Å²) in [6.07, 6.45) is 7.13. The van der Waals surface area contributed by atoms with Gasteiger partial charge in [-0.05, 0) is 67.8 Å². The van der Waals surface area contributed by atoms with E-state index in [1.807, 2.05) is 37.3 Å². The zero-order valence-electron chi connectivity index (χ0n) is 17.0. The Morgan fingerprint density at radius 2 is 1.62 bits per heavy atom. The highest BCUT2D eigenvalue weighted by Gasteiger charge is 2.51. The lowest BCUT2D eigenvalue weighted by molar-refractivity contribution is -0.148. The van der Waals surface area contributed by atoms with E-state index in [9.17, 15) is 14.4 Å². The molecule has 3 amide bonds. The van der Waals surface area contributed by atoms with Crippen LogP contribution in [0.5, 0.6) is 0 Å². The quantitative estimate of drug-likeness (QED) is 0.718. The van der Waals surface area contributed by atoms with Gasteiger partial charge in [-0.25, -0.2) is 4.79 Å². The Balaban J connectivity index is 1.20. The van der Waals surface area contributed by atoms with Crippen LogP contribution in [0.3, 0.4) is 0 Å². The van der Waals surface area contributed by atoms with E-state index in [2.05, 4.69) is 10.6 Å². The summed E-state index contributed by atoms with van der Waals surface area (Å²) in [5.41, 5.74) is 0.893. The Hall–Kier alpha value is -2.37. The minimum absolute atomic E-state index is 0.00569. The molecule has 0 radical (unpaired) electrons. The van der Waals surface area contributed by atoms with E-state index < -0.39 is 24.5 Å². The molecule has 0 heterocycles. The Morgan fingerprint density at radius 1 is 1.03 bits per heavy atom. The molecule has 0 unspecified atom stereocenters. The fourth-order valence-corrected chi connectivity index (χ4v) is 6.05. The second-order valence-electron chi connectivity index (χ2n) is 9.38. The van der Waals surface area contributed by atoms with Crippen molar-refractivity contribution in [3.63, 3.8) is 0 Å². The summed E-state index contributed by atoms with van der Waals surface area (Å²) in [6, 6.07) is 9.22. The highest BCUT2D eigenvalue weighted by Crippen LogP contribution is 2.55. The first kappa shape index (κ1) is 19.9. The molecule has 156 valence electrons. The molecular formula is C23H30N2O4. The van der Waals surface area contributed by atoms with Crippen LogP contribution in [0.15, 0.2) is 30.3 Å². The second-order valence-corrected chi connectivity index (χ2v) is 9.38. The highest BCUT2D eigenvalue weighted by atomic mass is 16.5. The van der Waals surface area contributed by atoms with Crippen molar-refractivity contribution in [2.24, 2.45) is 17.8 Å². The van der Waals surface area contributed by atoms with Gasteiger partial charge in [-0.15, -0.1) is 0 Å². The average molecular weight is 399 g/mol. The van der Waals surface area contributed by atoms with Crippen LogP contribution in [0.4, 0.5) is 4.79 Å². The first-order chi connectivity index (χ1) is 13.9. The maximum atomic E-state index is 12.4. The molecule has 6 heteroatoms. The number of carbonyl (C=O) groups excluding carboxylic acids is 3. The molecule has 0 aromatic heterocycles. The molecule has 4 aliphatic carbocycles. The average Bonchev–Trinajstić information content (AvgIpc) is 2.65. The van der Waals surface area contributed by atoms with Gasteiger partial charge >= 0.3 is 12.0 Å². The van der Waals surface area contributed by atoms with E-state index in [0.29, 0.717) is 17.8 Å². The van der Waals surface area contributed by atoms with Gasteiger partial charge in [-0.2, -0.15) is 0 Å². The van der Waals surface area contributed by atoms with Crippen molar-refractivity contribution < 1.29 is 19.1 Å². The fourth-order valence-electron chi connectivity index (χ4n) is 6.05. The molecule has 5 rings (SSSR count). The van der Waals surface area contributed by atoms with Gasteiger partial charge in [-0.3, -0.25) is 14.9 Å². The molecule has 4 bridgehead atoms. The highest BCUT2D eigenvalue weighted by molar-refractivity contribution is 5.95. The van der Waals surface area contributed by atoms with Crippen LogP contribution in [-0.4, -0.2) is 30.1 Å². The predicted molar refractivity (Wildman–Crippen MR) is 108 cm³/mol. The summed E-state index contributed by atoms with van der Waals surface area (Å²) >= 11 is 0. The molecule has 1 aromatic rings. The molecule has 6 nitrogen and oxygen atoms in total. The predicted octanol–water partition coefficient (Wildman–Crippen LogP) is 3.52. The molecule has 4 fully saturated rings. The number of carbonyl (C=O) groups is 3. The molecule has 4 aliphatic rings. The van der Waals surface area contributed by atoms with E-state index in [0.717, 1.165) is 24.8 Å². The van der Waals surface area contributed by atoms with Crippen molar-refractivity contribution >= 4 is 17.9 Å². The van der Waals surface area contributed by atoms with Crippen molar-refractivity contribution in [1.82, 2.24) is 10.6 Å².